The van der Waals surface area contributed by atoms with Gasteiger partial charge in [0.25, 0.3) is 0 Å². The van der Waals surface area contributed by atoms with E-state index in [1.165, 1.54) is 0 Å². The van der Waals surface area contributed by atoms with E-state index in [4.69, 9.17) is 40.3 Å². The molecule has 0 saturated carbocycles. The maximum atomic E-state index is 11.0. The molecular weight excluding hydrogens is 550 g/mol. The first-order chi connectivity index (χ1) is 19.0. The maximum Gasteiger partial charge on any atom is 0.224 e. The van der Waals surface area contributed by atoms with Crippen molar-refractivity contribution in [1.82, 2.24) is 0 Å². The van der Waals surface area contributed by atoms with E-state index in [2.05, 4.69) is 30.1 Å². The number of aliphatic hydroxyl groups excluding tert-OH is 8. The van der Waals surface area contributed by atoms with Crippen LogP contribution in [0.5, 0.6) is 0 Å². The summed E-state index contributed by atoms with van der Waals surface area (Å²) in [7, 11) is 0. The van der Waals surface area contributed by atoms with E-state index in [1.54, 1.807) is 0 Å². The molecule has 0 aliphatic carbocycles. The van der Waals surface area contributed by atoms with Gasteiger partial charge in [-0.05, 0) is 16.6 Å². The molecule has 0 amide bonds. The lowest BCUT2D eigenvalue weighted by atomic mass is 9.97. The Kier molecular flexibility index (Phi) is 11.1. The fourth-order valence-corrected chi connectivity index (χ4v) is 4.47. The highest BCUT2D eigenvalue weighted by molar-refractivity contribution is 5.02. The first-order valence-corrected chi connectivity index (χ1v) is 11.8. The second-order valence-corrected chi connectivity index (χ2v) is 9.06. The zero-order valence-corrected chi connectivity index (χ0v) is 20.5. The summed E-state index contributed by atoms with van der Waals surface area (Å²) in [6, 6.07) is 0. The zero-order valence-electron chi connectivity index (χ0n) is 20.5. The van der Waals surface area contributed by atoms with Gasteiger partial charge < -0.3 is 64.5 Å². The number of nitrogens with zero attached hydrogens (tertiary/aromatic N) is 9. The molecule has 3 aliphatic rings. The van der Waals surface area contributed by atoms with Crippen LogP contribution < -0.4 is 0 Å². The van der Waals surface area contributed by atoms with Crippen LogP contribution in [-0.4, -0.2) is 153 Å². The van der Waals surface area contributed by atoms with Gasteiger partial charge in [0.2, 0.25) is 5.79 Å². The van der Waals surface area contributed by atoms with Crippen LogP contribution in [0, 0.1) is 0 Å². The molecule has 22 heteroatoms. The number of hydrogen-bond acceptors (Lipinski definition) is 16. The highest BCUT2D eigenvalue weighted by atomic mass is 16.8. The minimum Gasteiger partial charge on any atom is -0.391 e. The van der Waals surface area contributed by atoms with E-state index in [1.807, 2.05) is 0 Å². The van der Waals surface area contributed by atoms with E-state index < -0.39 is 112 Å². The van der Waals surface area contributed by atoms with E-state index in [-0.39, 0.29) is 0 Å². The molecule has 3 fully saturated rings. The van der Waals surface area contributed by atoms with Crippen LogP contribution in [0.1, 0.15) is 0 Å². The lowest BCUT2D eigenvalue weighted by Gasteiger charge is -2.45. The summed E-state index contributed by atoms with van der Waals surface area (Å²) in [4.78, 5) is 7.61. The maximum absolute atomic E-state index is 11.0. The second kappa shape index (κ2) is 13.9. The third-order valence-corrected chi connectivity index (χ3v) is 6.60. The lowest BCUT2D eigenvalue weighted by molar-refractivity contribution is -0.397. The molecule has 3 heterocycles. The normalized spacial score (nSPS) is 45.1. The van der Waals surface area contributed by atoms with Gasteiger partial charge in [-0.15, -0.1) is 0 Å². The molecule has 0 aromatic rings. The van der Waals surface area contributed by atoms with Crippen molar-refractivity contribution in [3.05, 3.63) is 31.3 Å². The smallest absolute Gasteiger partial charge is 0.224 e. The fourth-order valence-electron chi connectivity index (χ4n) is 4.47. The summed E-state index contributed by atoms with van der Waals surface area (Å²) < 4.78 is 27.8. The van der Waals surface area contributed by atoms with Crippen molar-refractivity contribution in [3.63, 3.8) is 0 Å². The fraction of sp³-hybridized carbons (Fsp3) is 1.00. The van der Waals surface area contributed by atoms with Gasteiger partial charge in [0, 0.05) is 14.7 Å². The Morgan fingerprint density at radius 3 is 1.55 bits per heavy atom. The molecule has 22 nitrogen and oxygen atoms in total. The van der Waals surface area contributed by atoms with Gasteiger partial charge in [0.05, 0.1) is 37.9 Å². The molecule has 0 aromatic carbocycles. The lowest BCUT2D eigenvalue weighted by Crippen LogP contribution is -2.64. The minimum absolute atomic E-state index is 0.499. The predicted octanol–water partition coefficient (Wildman–Crippen LogP) is -3.62. The molecule has 14 atom stereocenters. The predicted molar refractivity (Wildman–Crippen MR) is 122 cm³/mol. The number of rotatable bonds is 11. The molecule has 0 spiro atoms. The molecule has 0 unspecified atom stereocenters. The van der Waals surface area contributed by atoms with Crippen LogP contribution in [-0.2, 0) is 23.7 Å². The zero-order chi connectivity index (χ0) is 29.6. The topological polar surface area (TPSA) is 354 Å². The van der Waals surface area contributed by atoms with Crippen LogP contribution in [0.3, 0.4) is 0 Å². The van der Waals surface area contributed by atoms with Crippen LogP contribution in [0.4, 0.5) is 0 Å². The van der Waals surface area contributed by atoms with E-state index in [0.29, 0.717) is 0 Å². The van der Waals surface area contributed by atoms with Crippen molar-refractivity contribution >= 4 is 0 Å². The highest BCUT2D eigenvalue weighted by Crippen LogP contribution is 2.40. The number of azide groups is 3. The standard InChI is InChI=1S/C18H29N9O13/c19-25-22-1-5-8(29)11(32)13(34)16(36-5)38-15-10(31)7(3-24-27-21)39-18(15,4-28)40-17-14(35)12(33)9(30)6(37-17)2-23-26-20/h5-17,28-35H,1-4H2/t5-,6-,7-,8-,9-,10-,11+,12+,13-,14-,15+,16-,17-,18+/m1/s1. The van der Waals surface area contributed by atoms with Crippen molar-refractivity contribution in [2.75, 3.05) is 26.2 Å². The average Bonchev–Trinajstić information content (AvgIpc) is 3.21. The van der Waals surface area contributed by atoms with Crippen LogP contribution in [0.2, 0.25) is 0 Å². The molecule has 224 valence electrons. The van der Waals surface area contributed by atoms with Gasteiger partial charge >= 0.3 is 0 Å². The number of ether oxygens (including phenoxy) is 5. The van der Waals surface area contributed by atoms with Gasteiger partial charge in [-0.1, -0.05) is 15.3 Å². The summed E-state index contributed by atoms with van der Waals surface area (Å²) >= 11 is 0. The quantitative estimate of drug-likeness (QED) is 0.0666. The Balaban J connectivity index is 1.93. The Bertz CT molecular complexity index is 1010. The first-order valence-electron chi connectivity index (χ1n) is 11.8. The van der Waals surface area contributed by atoms with Gasteiger partial charge in [-0.3, -0.25) is 0 Å². The second-order valence-electron chi connectivity index (χ2n) is 9.06. The van der Waals surface area contributed by atoms with E-state index in [9.17, 15) is 40.9 Å². The number of aliphatic hydroxyl groups is 8. The molecular formula is C18H29N9O13. The van der Waals surface area contributed by atoms with Crippen molar-refractivity contribution in [2.45, 2.75) is 85.5 Å². The summed E-state index contributed by atoms with van der Waals surface area (Å²) in [6.45, 7) is -2.71. The van der Waals surface area contributed by atoms with Gasteiger partial charge in [-0.2, -0.15) is 0 Å². The highest BCUT2D eigenvalue weighted by Gasteiger charge is 2.61. The molecule has 0 aromatic heterocycles. The Morgan fingerprint density at radius 2 is 1.07 bits per heavy atom. The molecule has 3 saturated heterocycles. The Morgan fingerprint density at radius 1 is 0.625 bits per heavy atom. The number of hydrogen-bond donors (Lipinski definition) is 8. The Hall–Kier alpha value is -2.59. The van der Waals surface area contributed by atoms with Gasteiger partial charge in [0.1, 0.15) is 55.4 Å². The molecule has 40 heavy (non-hydrogen) atoms. The summed E-state index contributed by atoms with van der Waals surface area (Å²) in [6.07, 6.45) is -22.8. The van der Waals surface area contributed by atoms with Crippen molar-refractivity contribution in [3.8, 4) is 0 Å². The molecule has 0 radical (unpaired) electrons. The molecule has 3 rings (SSSR count). The third-order valence-electron chi connectivity index (χ3n) is 6.60. The summed E-state index contributed by atoms with van der Waals surface area (Å²) in [5.41, 5.74) is 25.8. The monoisotopic (exact) mass is 579 g/mol. The third kappa shape index (κ3) is 6.48. The van der Waals surface area contributed by atoms with Crippen LogP contribution in [0.15, 0.2) is 15.3 Å². The Labute approximate surface area is 223 Å². The molecule has 0 bridgehead atoms. The van der Waals surface area contributed by atoms with Gasteiger partial charge in [0.15, 0.2) is 12.6 Å². The molecule has 8 N–H and O–H groups in total. The van der Waals surface area contributed by atoms with Crippen molar-refractivity contribution in [1.29, 1.82) is 0 Å². The van der Waals surface area contributed by atoms with E-state index >= 15 is 0 Å². The average molecular weight is 579 g/mol. The minimum atomic E-state index is -2.50. The van der Waals surface area contributed by atoms with E-state index in [0.717, 1.165) is 0 Å². The van der Waals surface area contributed by atoms with Crippen LogP contribution in [0.25, 0.3) is 31.3 Å². The largest absolute Gasteiger partial charge is 0.391 e. The van der Waals surface area contributed by atoms with Crippen LogP contribution >= 0.6 is 0 Å². The summed E-state index contributed by atoms with van der Waals surface area (Å²) in [5, 5.41) is 92.9. The molecule has 3 aliphatic heterocycles. The summed E-state index contributed by atoms with van der Waals surface area (Å²) in [5.74, 6) is -2.50. The van der Waals surface area contributed by atoms with Gasteiger partial charge in [-0.25, -0.2) is 0 Å². The van der Waals surface area contributed by atoms with Crippen molar-refractivity contribution in [2.24, 2.45) is 15.3 Å². The first kappa shape index (κ1) is 31.9. The van der Waals surface area contributed by atoms with Crippen molar-refractivity contribution < 1.29 is 64.5 Å². The SMILES string of the molecule is [N-]=[N+]=NC[C@H]1O[C@@](CO)(O[C@H]2O[C@H](CN=[N+]=[N-])[C@@H](O)[C@H](O)[C@H]2O)[C@@H](O[C@H]2O[C@H](CN=[N+]=[N-])[C@@H](O)[C@H](O)[C@H]2O)[C@@H]1O.